The number of alkyl halides is 5. The number of pyridine rings is 1. The van der Waals surface area contributed by atoms with Crippen molar-refractivity contribution >= 4 is 5.91 Å². The fourth-order valence-electron chi connectivity index (χ4n) is 3.11. The molecule has 5 nitrogen and oxygen atoms in total. The monoisotopic (exact) mass is 430 g/mol. The number of ether oxygens (including phenoxy) is 1. The van der Waals surface area contributed by atoms with Gasteiger partial charge in [-0.05, 0) is 36.0 Å². The molecule has 1 aromatic carbocycles. The zero-order valence-electron chi connectivity index (χ0n) is 15.8. The molecule has 2 aromatic rings. The van der Waals surface area contributed by atoms with Gasteiger partial charge >= 0.3 is 12.1 Å². The first kappa shape index (κ1) is 21.9. The number of hydrogen-bond acceptors (Lipinski definition) is 4. The molecule has 10 heteroatoms. The largest absolute Gasteiger partial charge is 0.481 e. The second-order valence-corrected chi connectivity index (χ2v) is 7.04. The van der Waals surface area contributed by atoms with E-state index in [2.05, 4.69) is 4.98 Å². The minimum Gasteiger partial charge on any atom is -0.481 e. The van der Waals surface area contributed by atoms with E-state index in [0.29, 0.717) is 5.56 Å². The number of halogens is 5. The fraction of sp³-hybridized carbons (Fsp3) is 0.400. The van der Waals surface area contributed by atoms with Crippen LogP contribution in [-0.4, -0.2) is 35.2 Å². The zero-order chi connectivity index (χ0) is 22.2. The van der Waals surface area contributed by atoms with Crippen molar-refractivity contribution in [3.63, 3.8) is 0 Å². The summed E-state index contributed by atoms with van der Waals surface area (Å²) < 4.78 is 72.9. The Morgan fingerprint density at radius 2 is 1.83 bits per heavy atom. The SMILES string of the molecule is COc1ncc(C2CC2)cc1CNC(=O)C(O)(c1ccccc1)C(F)(F)C(F)(F)F. The third-order valence-corrected chi connectivity index (χ3v) is 4.96. The van der Waals surface area contributed by atoms with E-state index in [1.165, 1.54) is 13.2 Å². The van der Waals surface area contributed by atoms with Crippen molar-refractivity contribution in [2.24, 2.45) is 0 Å². The summed E-state index contributed by atoms with van der Waals surface area (Å²) in [6, 6.07) is 6.95. The molecular weight excluding hydrogens is 411 g/mol. The van der Waals surface area contributed by atoms with Crippen molar-refractivity contribution < 1.29 is 36.6 Å². The van der Waals surface area contributed by atoms with Crippen LogP contribution in [0.2, 0.25) is 0 Å². The average molecular weight is 430 g/mol. The lowest BCUT2D eigenvalue weighted by atomic mass is 9.85. The molecular formula is C20H19F5N2O3. The Balaban J connectivity index is 1.93. The Kier molecular flexibility index (Phi) is 5.72. The summed E-state index contributed by atoms with van der Waals surface area (Å²) in [5.41, 5.74) is -3.91. The molecule has 1 atom stereocenters. The Morgan fingerprint density at radius 1 is 1.20 bits per heavy atom. The highest BCUT2D eigenvalue weighted by atomic mass is 19.4. The Bertz CT molecular complexity index is 916. The maximum atomic E-state index is 14.3. The van der Waals surface area contributed by atoms with Crippen LogP contribution in [0.3, 0.4) is 0 Å². The van der Waals surface area contributed by atoms with Gasteiger partial charge in [0, 0.05) is 18.3 Å². The fourth-order valence-corrected chi connectivity index (χ4v) is 3.11. The summed E-state index contributed by atoms with van der Waals surface area (Å²) in [5.74, 6) is -7.27. The smallest absolute Gasteiger partial charge is 0.457 e. The van der Waals surface area contributed by atoms with Crippen molar-refractivity contribution in [2.75, 3.05) is 7.11 Å². The first-order chi connectivity index (χ1) is 14.0. The molecule has 30 heavy (non-hydrogen) atoms. The maximum absolute atomic E-state index is 14.3. The number of hydrogen-bond donors (Lipinski definition) is 2. The lowest BCUT2D eigenvalue weighted by molar-refractivity contribution is -0.337. The molecule has 0 aliphatic heterocycles. The number of carbonyl (C=O) groups excluding carboxylic acids is 1. The second-order valence-electron chi connectivity index (χ2n) is 7.04. The number of methoxy groups -OCH3 is 1. The molecule has 1 heterocycles. The Labute approximate surface area is 168 Å². The van der Waals surface area contributed by atoms with Crippen LogP contribution in [-0.2, 0) is 16.9 Å². The highest BCUT2D eigenvalue weighted by Crippen LogP contribution is 2.48. The van der Waals surface area contributed by atoms with Crippen LogP contribution in [0.15, 0.2) is 42.6 Å². The molecule has 1 fully saturated rings. The molecule has 1 aliphatic carbocycles. The first-order valence-corrected chi connectivity index (χ1v) is 9.06. The van der Waals surface area contributed by atoms with Gasteiger partial charge in [-0.1, -0.05) is 30.3 Å². The molecule has 3 rings (SSSR count). The topological polar surface area (TPSA) is 71.5 Å². The van der Waals surface area contributed by atoms with Crippen LogP contribution in [0.1, 0.15) is 35.4 Å². The van der Waals surface area contributed by atoms with E-state index >= 15 is 0 Å². The van der Waals surface area contributed by atoms with Gasteiger partial charge in [-0.3, -0.25) is 4.79 Å². The third kappa shape index (κ3) is 3.83. The Morgan fingerprint density at radius 3 is 2.37 bits per heavy atom. The molecule has 1 aromatic heterocycles. The predicted octanol–water partition coefficient (Wildman–Crippen LogP) is 3.67. The normalized spacial score (nSPS) is 16.6. The third-order valence-electron chi connectivity index (χ3n) is 4.96. The number of aromatic nitrogens is 1. The van der Waals surface area contributed by atoms with Crippen molar-refractivity contribution in [2.45, 2.75) is 43.0 Å². The lowest BCUT2D eigenvalue weighted by Gasteiger charge is -2.35. The van der Waals surface area contributed by atoms with Crippen molar-refractivity contribution in [3.8, 4) is 5.88 Å². The number of nitrogens with one attached hydrogen (secondary N) is 1. The number of aliphatic hydroxyl groups is 1. The van der Waals surface area contributed by atoms with Crippen LogP contribution >= 0.6 is 0 Å². The van der Waals surface area contributed by atoms with Crippen LogP contribution in [0.25, 0.3) is 0 Å². The van der Waals surface area contributed by atoms with Crippen LogP contribution in [0.4, 0.5) is 22.0 Å². The van der Waals surface area contributed by atoms with Gasteiger partial charge in [0.1, 0.15) is 0 Å². The molecule has 0 spiro atoms. The van der Waals surface area contributed by atoms with Crippen LogP contribution in [0.5, 0.6) is 5.88 Å². The summed E-state index contributed by atoms with van der Waals surface area (Å²) in [4.78, 5) is 16.6. The number of nitrogens with zero attached hydrogens (tertiary/aromatic N) is 1. The molecule has 1 aliphatic rings. The average Bonchev–Trinajstić information content (AvgIpc) is 3.56. The van der Waals surface area contributed by atoms with Gasteiger partial charge in [-0.2, -0.15) is 22.0 Å². The standard InChI is InChI=1S/C20H19F5N2O3/c1-30-16-14(9-13(10-26-16)12-7-8-12)11-27-17(28)18(29,15-5-3-2-4-6-15)19(21,22)20(23,24)25/h2-6,9-10,12,29H,7-8,11H2,1H3,(H,27,28). The van der Waals surface area contributed by atoms with Gasteiger partial charge in [0.05, 0.1) is 7.11 Å². The van der Waals surface area contributed by atoms with E-state index in [1.807, 2.05) is 5.32 Å². The lowest BCUT2D eigenvalue weighted by Crippen LogP contribution is -2.62. The summed E-state index contributed by atoms with van der Waals surface area (Å²) in [5, 5.41) is 12.4. The van der Waals surface area contributed by atoms with Crippen molar-refractivity contribution in [3.05, 3.63) is 59.3 Å². The predicted molar refractivity (Wildman–Crippen MR) is 96.0 cm³/mol. The number of amides is 1. The van der Waals surface area contributed by atoms with E-state index < -0.39 is 35.7 Å². The quantitative estimate of drug-likeness (QED) is 0.658. The first-order valence-electron chi connectivity index (χ1n) is 9.06. The summed E-state index contributed by atoms with van der Waals surface area (Å²) >= 11 is 0. The van der Waals surface area contributed by atoms with E-state index in [4.69, 9.17) is 4.74 Å². The van der Waals surface area contributed by atoms with Gasteiger partial charge < -0.3 is 15.2 Å². The van der Waals surface area contributed by atoms with E-state index in [9.17, 15) is 31.9 Å². The minimum absolute atomic E-state index is 0.0885. The second kappa shape index (κ2) is 7.82. The van der Waals surface area contributed by atoms with Crippen molar-refractivity contribution in [1.29, 1.82) is 0 Å². The van der Waals surface area contributed by atoms with E-state index in [0.717, 1.165) is 42.7 Å². The molecule has 1 unspecified atom stereocenters. The van der Waals surface area contributed by atoms with E-state index in [-0.39, 0.29) is 11.8 Å². The minimum atomic E-state index is -6.17. The molecule has 0 saturated heterocycles. The molecule has 0 radical (unpaired) electrons. The highest BCUT2D eigenvalue weighted by molar-refractivity contribution is 5.87. The van der Waals surface area contributed by atoms with Crippen molar-refractivity contribution in [1.82, 2.24) is 10.3 Å². The maximum Gasteiger partial charge on any atom is 0.457 e. The van der Waals surface area contributed by atoms with Gasteiger partial charge in [0.25, 0.3) is 5.91 Å². The molecule has 1 amide bonds. The molecule has 1 saturated carbocycles. The van der Waals surface area contributed by atoms with Gasteiger partial charge in [0.15, 0.2) is 0 Å². The number of benzene rings is 1. The van der Waals surface area contributed by atoms with Gasteiger partial charge in [0.2, 0.25) is 11.5 Å². The number of rotatable bonds is 7. The Hall–Kier alpha value is -2.75. The molecule has 162 valence electrons. The molecule has 0 bridgehead atoms. The summed E-state index contributed by atoms with van der Waals surface area (Å²) in [7, 11) is 1.31. The zero-order valence-corrected chi connectivity index (χ0v) is 15.8. The van der Waals surface area contributed by atoms with Gasteiger partial charge in [-0.15, -0.1) is 0 Å². The number of carbonyl (C=O) groups is 1. The van der Waals surface area contributed by atoms with Crippen LogP contribution < -0.4 is 10.1 Å². The molecule has 2 N–H and O–H groups in total. The highest BCUT2D eigenvalue weighted by Gasteiger charge is 2.73. The van der Waals surface area contributed by atoms with E-state index in [1.54, 1.807) is 12.3 Å². The van der Waals surface area contributed by atoms with Crippen LogP contribution in [0, 0.1) is 0 Å². The van der Waals surface area contributed by atoms with Gasteiger partial charge in [-0.25, -0.2) is 4.98 Å². The summed E-state index contributed by atoms with van der Waals surface area (Å²) in [6.07, 6.45) is -2.68. The summed E-state index contributed by atoms with van der Waals surface area (Å²) in [6.45, 7) is -0.460.